The largest absolute Gasteiger partial charge is 0.487 e. The Morgan fingerprint density at radius 1 is 1.14 bits per heavy atom. The highest BCUT2D eigenvalue weighted by Crippen LogP contribution is 2.22. The number of nitrogens with one attached hydrogen (secondary N) is 1. The normalized spacial score (nSPS) is 10.5. The molecule has 6 heteroatoms. The number of carboxylic acid groups (broad SMARTS) is 1. The molecule has 0 saturated heterocycles. The molecule has 6 nitrogen and oxygen atoms in total. The van der Waals surface area contributed by atoms with Crippen LogP contribution in [0.2, 0.25) is 0 Å². The summed E-state index contributed by atoms with van der Waals surface area (Å²) < 4.78 is 5.70. The van der Waals surface area contributed by atoms with E-state index in [9.17, 15) is 9.59 Å². The zero-order valence-corrected chi connectivity index (χ0v) is 11.4. The van der Waals surface area contributed by atoms with E-state index in [4.69, 9.17) is 9.84 Å². The fourth-order valence-electron chi connectivity index (χ4n) is 2.08. The molecule has 22 heavy (non-hydrogen) atoms. The lowest BCUT2D eigenvalue weighted by Crippen LogP contribution is -2.20. The van der Waals surface area contributed by atoms with Crippen molar-refractivity contribution in [3.05, 3.63) is 70.1 Å². The minimum absolute atomic E-state index is 0.315. The molecule has 1 heterocycles. The Kier molecular flexibility index (Phi) is 3.57. The smallest absolute Gasteiger partial charge is 0.360 e. The highest BCUT2D eigenvalue weighted by atomic mass is 16.5. The number of aromatic nitrogens is 2. The van der Waals surface area contributed by atoms with Gasteiger partial charge in [-0.05, 0) is 17.7 Å². The third-order valence-corrected chi connectivity index (χ3v) is 3.13. The molecule has 0 aliphatic carbocycles. The van der Waals surface area contributed by atoms with Crippen molar-refractivity contribution in [2.75, 3.05) is 0 Å². The van der Waals surface area contributed by atoms with E-state index in [0.29, 0.717) is 23.4 Å². The van der Waals surface area contributed by atoms with E-state index in [-0.39, 0.29) is 0 Å². The predicted molar refractivity (Wildman–Crippen MR) is 80.1 cm³/mol. The summed E-state index contributed by atoms with van der Waals surface area (Å²) >= 11 is 0. The number of carbonyl (C=O) groups is 1. The lowest BCUT2D eigenvalue weighted by Gasteiger charge is -2.09. The number of rotatable bonds is 4. The van der Waals surface area contributed by atoms with Gasteiger partial charge < -0.3 is 14.8 Å². The summed E-state index contributed by atoms with van der Waals surface area (Å²) in [4.78, 5) is 29.1. The second kappa shape index (κ2) is 5.69. The maximum absolute atomic E-state index is 11.6. The van der Waals surface area contributed by atoms with Crippen molar-refractivity contribution in [1.82, 2.24) is 9.97 Å². The zero-order valence-electron chi connectivity index (χ0n) is 11.4. The van der Waals surface area contributed by atoms with E-state index in [1.165, 1.54) is 0 Å². The molecule has 0 atom stereocenters. The van der Waals surface area contributed by atoms with Crippen LogP contribution < -0.4 is 10.3 Å². The maximum atomic E-state index is 11.6. The number of carboxylic acids is 1. The van der Waals surface area contributed by atoms with Gasteiger partial charge in [-0.25, -0.2) is 9.78 Å². The maximum Gasteiger partial charge on any atom is 0.360 e. The fourth-order valence-corrected chi connectivity index (χ4v) is 2.08. The van der Waals surface area contributed by atoms with Gasteiger partial charge >= 0.3 is 5.97 Å². The van der Waals surface area contributed by atoms with Crippen molar-refractivity contribution in [1.29, 1.82) is 0 Å². The highest BCUT2D eigenvalue weighted by Gasteiger charge is 2.14. The average Bonchev–Trinajstić information content (AvgIpc) is 2.52. The molecule has 0 fully saturated rings. The van der Waals surface area contributed by atoms with Crippen molar-refractivity contribution < 1.29 is 14.6 Å². The SMILES string of the molecule is O=C(O)c1nc2c(OCc3ccccc3)cccc2[nH]c1=O. The molecule has 110 valence electrons. The van der Waals surface area contributed by atoms with Crippen LogP contribution >= 0.6 is 0 Å². The Balaban J connectivity index is 2.00. The van der Waals surface area contributed by atoms with Gasteiger partial charge in [0, 0.05) is 0 Å². The minimum atomic E-state index is -1.37. The van der Waals surface area contributed by atoms with Gasteiger partial charge in [0.25, 0.3) is 5.56 Å². The number of hydrogen-bond donors (Lipinski definition) is 2. The molecule has 0 unspecified atom stereocenters. The molecular formula is C16H12N2O4. The van der Waals surface area contributed by atoms with Crippen LogP contribution in [0, 0.1) is 0 Å². The predicted octanol–water partition coefficient (Wildman–Crippen LogP) is 2.20. The summed E-state index contributed by atoms with van der Waals surface area (Å²) in [5.74, 6) is -0.957. The van der Waals surface area contributed by atoms with E-state index >= 15 is 0 Å². The minimum Gasteiger partial charge on any atom is -0.487 e. The van der Waals surface area contributed by atoms with Crippen LogP contribution in [0.5, 0.6) is 5.75 Å². The Labute approximate surface area is 125 Å². The van der Waals surface area contributed by atoms with Crippen LogP contribution in [0.1, 0.15) is 16.1 Å². The van der Waals surface area contributed by atoms with Crippen LogP contribution in [0.25, 0.3) is 11.0 Å². The third-order valence-electron chi connectivity index (χ3n) is 3.13. The summed E-state index contributed by atoms with van der Waals surface area (Å²) in [7, 11) is 0. The summed E-state index contributed by atoms with van der Waals surface area (Å²) in [5.41, 5.74) is 0.432. The second-order valence-corrected chi connectivity index (χ2v) is 4.65. The van der Waals surface area contributed by atoms with Gasteiger partial charge in [-0.3, -0.25) is 4.79 Å². The van der Waals surface area contributed by atoms with Crippen molar-refractivity contribution in [3.8, 4) is 5.75 Å². The van der Waals surface area contributed by atoms with Gasteiger partial charge in [0.2, 0.25) is 5.69 Å². The summed E-state index contributed by atoms with van der Waals surface area (Å²) in [6.07, 6.45) is 0. The van der Waals surface area contributed by atoms with Crippen LogP contribution in [0.4, 0.5) is 0 Å². The van der Waals surface area contributed by atoms with Gasteiger partial charge in [0.05, 0.1) is 5.52 Å². The second-order valence-electron chi connectivity index (χ2n) is 4.65. The zero-order chi connectivity index (χ0) is 15.5. The van der Waals surface area contributed by atoms with Gasteiger partial charge in [-0.2, -0.15) is 0 Å². The summed E-state index contributed by atoms with van der Waals surface area (Å²) in [6, 6.07) is 14.6. The van der Waals surface area contributed by atoms with Gasteiger partial charge in [0.1, 0.15) is 17.9 Å². The van der Waals surface area contributed by atoms with Crippen LogP contribution in [0.3, 0.4) is 0 Å². The van der Waals surface area contributed by atoms with Crippen LogP contribution in [0.15, 0.2) is 53.3 Å². The topological polar surface area (TPSA) is 92.3 Å². The third kappa shape index (κ3) is 2.67. The van der Waals surface area contributed by atoms with E-state index in [2.05, 4.69) is 9.97 Å². The first-order valence-electron chi connectivity index (χ1n) is 6.58. The first-order valence-corrected chi connectivity index (χ1v) is 6.58. The Hall–Kier alpha value is -3.15. The van der Waals surface area contributed by atoms with Crippen molar-refractivity contribution in [2.45, 2.75) is 6.61 Å². The van der Waals surface area contributed by atoms with Gasteiger partial charge in [-0.15, -0.1) is 0 Å². The summed E-state index contributed by atoms with van der Waals surface area (Å²) in [5, 5.41) is 9.00. The number of nitrogens with zero attached hydrogens (tertiary/aromatic N) is 1. The number of para-hydroxylation sites is 1. The molecule has 0 radical (unpaired) electrons. The Morgan fingerprint density at radius 2 is 1.91 bits per heavy atom. The van der Waals surface area contributed by atoms with Crippen molar-refractivity contribution in [3.63, 3.8) is 0 Å². The molecule has 3 aromatic rings. The molecule has 0 amide bonds. The number of benzene rings is 2. The quantitative estimate of drug-likeness (QED) is 0.770. The van der Waals surface area contributed by atoms with Crippen molar-refractivity contribution in [2.24, 2.45) is 0 Å². The average molecular weight is 296 g/mol. The summed E-state index contributed by atoms with van der Waals surface area (Å²) in [6.45, 7) is 0.323. The molecule has 0 spiro atoms. The Morgan fingerprint density at radius 3 is 2.64 bits per heavy atom. The molecule has 2 aromatic carbocycles. The number of aromatic amines is 1. The van der Waals surface area contributed by atoms with Crippen molar-refractivity contribution >= 4 is 17.0 Å². The lowest BCUT2D eigenvalue weighted by molar-refractivity contribution is 0.0689. The number of aromatic carboxylic acids is 1. The first kappa shape index (κ1) is 13.8. The van der Waals surface area contributed by atoms with Gasteiger partial charge in [-0.1, -0.05) is 36.4 Å². The monoisotopic (exact) mass is 296 g/mol. The van der Waals surface area contributed by atoms with E-state index < -0.39 is 17.2 Å². The first-order chi connectivity index (χ1) is 10.6. The molecule has 0 saturated carbocycles. The number of ether oxygens (including phenoxy) is 1. The molecule has 0 aliphatic heterocycles. The molecule has 2 N–H and O–H groups in total. The standard InChI is InChI=1S/C16H12N2O4/c19-15-14(16(20)21)18-13-11(17-15)7-4-8-12(13)22-9-10-5-2-1-3-6-10/h1-8H,9H2,(H,17,19)(H,20,21). The molecule has 1 aromatic heterocycles. The highest BCUT2D eigenvalue weighted by molar-refractivity contribution is 5.89. The molecule has 3 rings (SSSR count). The van der Waals surface area contributed by atoms with Crippen LogP contribution in [-0.4, -0.2) is 21.0 Å². The fraction of sp³-hybridized carbons (Fsp3) is 0.0625. The van der Waals surface area contributed by atoms with Crippen LogP contribution in [-0.2, 0) is 6.61 Å². The van der Waals surface area contributed by atoms with Gasteiger partial charge in [0.15, 0.2) is 0 Å². The molecule has 0 aliphatic rings. The number of H-pyrrole nitrogens is 1. The van der Waals surface area contributed by atoms with E-state index in [0.717, 1.165) is 5.56 Å². The number of hydrogen-bond acceptors (Lipinski definition) is 4. The molecule has 0 bridgehead atoms. The Bertz CT molecular complexity index is 888. The number of fused-ring (bicyclic) bond motifs is 1. The molecular weight excluding hydrogens is 284 g/mol. The van der Waals surface area contributed by atoms with E-state index in [1.807, 2.05) is 30.3 Å². The lowest BCUT2D eigenvalue weighted by atomic mass is 10.2. The van der Waals surface area contributed by atoms with E-state index in [1.54, 1.807) is 18.2 Å².